The third-order valence-electron chi connectivity index (χ3n) is 0.595. The Morgan fingerprint density at radius 3 is 2.44 bits per heavy atom. The van der Waals surface area contributed by atoms with Gasteiger partial charge in [-0.25, -0.2) is 0 Å². The van der Waals surface area contributed by atoms with E-state index in [2.05, 4.69) is 9.18 Å². The normalized spacial score (nSPS) is 11.2. The summed E-state index contributed by atoms with van der Waals surface area (Å²) in [6.07, 6.45) is 0. The predicted molar refractivity (Wildman–Crippen MR) is 38.4 cm³/mol. The molecule has 0 atom stereocenters. The number of hydrogen-bond donors (Lipinski definition) is 0. The Morgan fingerprint density at radius 2 is 2.11 bits per heavy atom. The van der Waals surface area contributed by atoms with Gasteiger partial charge in [-0.3, -0.25) is 9.79 Å². The molecule has 0 bridgehead atoms. The van der Waals surface area contributed by atoms with E-state index in [0.717, 1.165) is 17.1 Å². The summed E-state index contributed by atoms with van der Waals surface area (Å²) < 4.78 is 4.54. The molecule has 0 aromatic carbocycles. The molecule has 0 heterocycles. The molecule has 0 rings (SSSR count). The smallest absolute Gasteiger partial charge is 0.315 e. The second-order valence-electron chi connectivity index (χ2n) is 1.40. The van der Waals surface area contributed by atoms with E-state index in [1.165, 1.54) is 6.92 Å². The lowest BCUT2D eigenvalue weighted by Gasteiger charge is -1.94. The summed E-state index contributed by atoms with van der Waals surface area (Å²) in [5.41, 5.74) is 0. The quantitative estimate of drug-likeness (QED) is 0.294. The SMILES string of the molecule is C/N=C(/C)SOC(C)=O. The highest BCUT2D eigenvalue weighted by Crippen LogP contribution is 2.04. The van der Waals surface area contributed by atoms with E-state index in [9.17, 15) is 4.79 Å². The second-order valence-corrected chi connectivity index (χ2v) is 2.33. The first-order valence-corrected chi connectivity index (χ1v) is 3.19. The Hall–Kier alpha value is -0.510. The van der Waals surface area contributed by atoms with Crippen LogP contribution in [0.3, 0.4) is 0 Å². The van der Waals surface area contributed by atoms with Crippen molar-refractivity contribution in [3.8, 4) is 0 Å². The van der Waals surface area contributed by atoms with Gasteiger partial charge >= 0.3 is 5.97 Å². The van der Waals surface area contributed by atoms with Crippen LogP contribution in [0.25, 0.3) is 0 Å². The van der Waals surface area contributed by atoms with Crippen molar-refractivity contribution in [2.75, 3.05) is 7.05 Å². The van der Waals surface area contributed by atoms with Gasteiger partial charge in [0, 0.05) is 14.0 Å². The molecule has 0 radical (unpaired) electrons. The molecule has 0 aliphatic rings. The van der Waals surface area contributed by atoms with E-state index in [4.69, 9.17) is 0 Å². The van der Waals surface area contributed by atoms with Gasteiger partial charge in [-0.15, -0.1) is 0 Å². The summed E-state index contributed by atoms with van der Waals surface area (Å²) in [5.74, 6) is -0.303. The molecular formula is C5H9NO2S. The van der Waals surface area contributed by atoms with Crippen LogP contribution in [0.2, 0.25) is 0 Å². The van der Waals surface area contributed by atoms with Crippen LogP contribution in [0.4, 0.5) is 0 Å². The molecule has 0 aromatic rings. The molecule has 0 aromatic heterocycles. The van der Waals surface area contributed by atoms with E-state index in [1.807, 2.05) is 0 Å². The molecule has 4 heteroatoms. The molecule has 0 amide bonds. The van der Waals surface area contributed by atoms with Gasteiger partial charge in [0.15, 0.2) is 0 Å². The van der Waals surface area contributed by atoms with Crippen molar-refractivity contribution in [2.24, 2.45) is 4.99 Å². The van der Waals surface area contributed by atoms with Crippen LogP contribution in [-0.2, 0) is 8.98 Å². The minimum atomic E-state index is -0.303. The zero-order valence-electron chi connectivity index (χ0n) is 5.67. The molecular weight excluding hydrogens is 138 g/mol. The topological polar surface area (TPSA) is 38.7 Å². The van der Waals surface area contributed by atoms with E-state index >= 15 is 0 Å². The first kappa shape index (κ1) is 8.49. The number of hydrogen-bond acceptors (Lipinski definition) is 4. The van der Waals surface area contributed by atoms with E-state index in [1.54, 1.807) is 14.0 Å². The molecule has 3 nitrogen and oxygen atoms in total. The van der Waals surface area contributed by atoms with Crippen LogP contribution in [-0.4, -0.2) is 18.1 Å². The average molecular weight is 147 g/mol. The van der Waals surface area contributed by atoms with Crippen molar-refractivity contribution in [2.45, 2.75) is 13.8 Å². The zero-order valence-corrected chi connectivity index (χ0v) is 6.49. The highest BCUT2D eigenvalue weighted by atomic mass is 32.2. The molecule has 0 fully saturated rings. The van der Waals surface area contributed by atoms with Crippen LogP contribution < -0.4 is 0 Å². The third kappa shape index (κ3) is 5.36. The van der Waals surface area contributed by atoms with Gasteiger partial charge < -0.3 is 4.18 Å². The largest absolute Gasteiger partial charge is 0.385 e. The standard InChI is InChI=1S/C5H9NO2S/c1-4(6-3)9-8-5(2)7/h1-3H3/b6-4-. The summed E-state index contributed by atoms with van der Waals surface area (Å²) >= 11 is 0.985. The number of carbonyl (C=O) groups excluding carboxylic acids is 1. The Kier molecular flexibility index (Phi) is 4.13. The lowest BCUT2D eigenvalue weighted by molar-refractivity contribution is -0.130. The summed E-state index contributed by atoms with van der Waals surface area (Å²) in [5, 5.41) is 0.741. The van der Waals surface area contributed by atoms with Crippen molar-refractivity contribution in [3.63, 3.8) is 0 Å². The maximum Gasteiger partial charge on any atom is 0.315 e. The van der Waals surface area contributed by atoms with Gasteiger partial charge in [-0.2, -0.15) is 0 Å². The van der Waals surface area contributed by atoms with Crippen LogP contribution in [0.1, 0.15) is 13.8 Å². The summed E-state index contributed by atoms with van der Waals surface area (Å²) in [6.45, 7) is 3.13. The number of aliphatic imine (C=N–C) groups is 1. The zero-order chi connectivity index (χ0) is 7.28. The monoisotopic (exact) mass is 147 g/mol. The average Bonchev–Trinajstić information content (AvgIpc) is 1.83. The first-order valence-electron chi connectivity index (χ1n) is 2.45. The summed E-state index contributed by atoms with van der Waals surface area (Å²) in [4.78, 5) is 13.9. The fourth-order valence-corrected chi connectivity index (χ4v) is 0.469. The predicted octanol–water partition coefficient (Wildman–Crippen LogP) is 1.25. The van der Waals surface area contributed by atoms with Crippen LogP contribution in [0.5, 0.6) is 0 Å². The van der Waals surface area contributed by atoms with E-state index in [0.29, 0.717) is 0 Å². The molecule has 0 saturated heterocycles. The van der Waals surface area contributed by atoms with Gasteiger partial charge in [0.2, 0.25) is 0 Å². The van der Waals surface area contributed by atoms with Crippen molar-refractivity contribution in [3.05, 3.63) is 0 Å². The minimum Gasteiger partial charge on any atom is -0.385 e. The maximum absolute atomic E-state index is 10.2. The minimum absolute atomic E-state index is 0.303. The maximum atomic E-state index is 10.2. The van der Waals surface area contributed by atoms with E-state index in [-0.39, 0.29) is 5.97 Å². The van der Waals surface area contributed by atoms with Crippen molar-refractivity contribution in [1.82, 2.24) is 0 Å². The van der Waals surface area contributed by atoms with Crippen LogP contribution in [0, 0.1) is 0 Å². The molecule has 0 unspecified atom stereocenters. The fourth-order valence-electron chi connectivity index (χ4n) is 0.156. The van der Waals surface area contributed by atoms with Crippen molar-refractivity contribution in [1.29, 1.82) is 0 Å². The highest BCUT2D eigenvalue weighted by molar-refractivity contribution is 8.10. The van der Waals surface area contributed by atoms with Gasteiger partial charge in [-0.1, -0.05) is 0 Å². The van der Waals surface area contributed by atoms with Crippen molar-refractivity contribution >= 4 is 23.1 Å². The Bertz CT molecular complexity index is 133. The molecule has 0 N–H and O–H groups in total. The molecule has 0 saturated carbocycles. The molecule has 0 aliphatic carbocycles. The molecule has 0 aliphatic heterocycles. The lowest BCUT2D eigenvalue weighted by Crippen LogP contribution is -1.92. The summed E-state index contributed by atoms with van der Waals surface area (Å²) in [6, 6.07) is 0. The third-order valence-corrected chi connectivity index (χ3v) is 1.34. The first-order chi connectivity index (χ1) is 4.16. The van der Waals surface area contributed by atoms with Crippen LogP contribution in [0.15, 0.2) is 4.99 Å². The molecule has 9 heavy (non-hydrogen) atoms. The molecule has 0 spiro atoms. The number of nitrogens with zero attached hydrogens (tertiary/aromatic N) is 1. The van der Waals surface area contributed by atoms with Crippen LogP contribution >= 0.6 is 12.0 Å². The number of carbonyl (C=O) groups is 1. The Balaban J connectivity index is 3.39. The second kappa shape index (κ2) is 4.38. The fraction of sp³-hybridized carbons (Fsp3) is 0.600. The highest BCUT2D eigenvalue weighted by Gasteiger charge is 1.94. The van der Waals surface area contributed by atoms with Gasteiger partial charge in [0.1, 0.15) is 17.1 Å². The van der Waals surface area contributed by atoms with E-state index < -0.39 is 0 Å². The lowest BCUT2D eigenvalue weighted by atomic mass is 10.9. The van der Waals surface area contributed by atoms with Gasteiger partial charge in [0.25, 0.3) is 0 Å². The Morgan fingerprint density at radius 1 is 1.56 bits per heavy atom. The van der Waals surface area contributed by atoms with Gasteiger partial charge in [-0.05, 0) is 6.92 Å². The molecule has 52 valence electrons. The Labute approximate surface area is 58.7 Å². The summed E-state index contributed by atoms with van der Waals surface area (Å²) in [7, 11) is 1.64. The van der Waals surface area contributed by atoms with Gasteiger partial charge in [0.05, 0.1) is 0 Å². The van der Waals surface area contributed by atoms with Crippen molar-refractivity contribution < 1.29 is 8.98 Å². The number of rotatable bonds is 0.